The van der Waals surface area contributed by atoms with Crippen LogP contribution in [0.3, 0.4) is 0 Å². The normalized spacial score (nSPS) is 11.1. The quantitative estimate of drug-likeness (QED) is 0.786. The summed E-state index contributed by atoms with van der Waals surface area (Å²) < 4.78 is 6.06. The third-order valence-corrected chi connectivity index (χ3v) is 3.08. The summed E-state index contributed by atoms with van der Waals surface area (Å²) in [5, 5.41) is 13.7. The summed E-state index contributed by atoms with van der Waals surface area (Å²) in [6, 6.07) is 4.70. The molecule has 19 heavy (non-hydrogen) atoms. The van der Waals surface area contributed by atoms with E-state index in [1.54, 1.807) is 12.1 Å². The molecular formula is C11H5Cl2N3O3. The van der Waals surface area contributed by atoms with E-state index in [0.29, 0.717) is 21.2 Å². The molecule has 2 aromatic heterocycles. The molecule has 1 aromatic carbocycles. The molecule has 0 amide bonds. The SMILES string of the molecule is O=C(O)c1nc2conc2n1-c1cc(Cl)ccc1Cl. The molecule has 0 unspecified atom stereocenters. The maximum absolute atomic E-state index is 11.2. The lowest BCUT2D eigenvalue weighted by atomic mass is 10.3. The van der Waals surface area contributed by atoms with Gasteiger partial charge in [0.05, 0.1) is 10.7 Å². The Morgan fingerprint density at radius 3 is 2.89 bits per heavy atom. The van der Waals surface area contributed by atoms with Crippen LogP contribution in [0.25, 0.3) is 16.9 Å². The third-order valence-electron chi connectivity index (χ3n) is 2.52. The molecule has 0 aliphatic rings. The van der Waals surface area contributed by atoms with Gasteiger partial charge in [-0.25, -0.2) is 9.78 Å². The van der Waals surface area contributed by atoms with Gasteiger partial charge in [-0.05, 0) is 18.2 Å². The zero-order valence-electron chi connectivity index (χ0n) is 9.17. The van der Waals surface area contributed by atoms with E-state index in [9.17, 15) is 9.90 Å². The van der Waals surface area contributed by atoms with Crippen LogP contribution in [0.5, 0.6) is 0 Å². The molecule has 0 fully saturated rings. The van der Waals surface area contributed by atoms with E-state index in [1.807, 2.05) is 0 Å². The van der Waals surface area contributed by atoms with Crippen molar-refractivity contribution in [1.82, 2.24) is 14.7 Å². The highest BCUT2D eigenvalue weighted by Gasteiger charge is 2.22. The molecule has 0 saturated heterocycles. The number of hydrogen-bond donors (Lipinski definition) is 1. The first-order valence-corrected chi connectivity index (χ1v) is 5.85. The number of benzene rings is 1. The topological polar surface area (TPSA) is 81.2 Å². The van der Waals surface area contributed by atoms with E-state index in [1.165, 1.54) is 16.9 Å². The Bertz CT molecular complexity index is 794. The fourth-order valence-electron chi connectivity index (χ4n) is 1.75. The van der Waals surface area contributed by atoms with Gasteiger partial charge in [0.2, 0.25) is 11.5 Å². The lowest BCUT2D eigenvalue weighted by molar-refractivity contribution is 0.0682. The molecule has 0 aliphatic carbocycles. The Morgan fingerprint density at radius 2 is 2.16 bits per heavy atom. The lowest BCUT2D eigenvalue weighted by Gasteiger charge is -2.07. The van der Waals surface area contributed by atoms with Crippen LogP contribution in [0.15, 0.2) is 29.0 Å². The van der Waals surface area contributed by atoms with Gasteiger partial charge in [-0.15, -0.1) is 0 Å². The van der Waals surface area contributed by atoms with Crippen LogP contribution in [-0.4, -0.2) is 25.8 Å². The fraction of sp³-hybridized carbons (Fsp3) is 0. The number of carbonyl (C=O) groups is 1. The van der Waals surface area contributed by atoms with Gasteiger partial charge in [0.1, 0.15) is 0 Å². The van der Waals surface area contributed by atoms with Crippen LogP contribution in [0, 0.1) is 0 Å². The van der Waals surface area contributed by atoms with E-state index < -0.39 is 5.97 Å². The van der Waals surface area contributed by atoms with Gasteiger partial charge >= 0.3 is 5.97 Å². The number of nitrogens with zero attached hydrogens (tertiary/aromatic N) is 3. The second-order valence-electron chi connectivity index (χ2n) is 3.70. The van der Waals surface area contributed by atoms with Crippen molar-refractivity contribution in [3.05, 3.63) is 40.3 Å². The number of fused-ring (bicyclic) bond motifs is 1. The Kier molecular flexibility index (Phi) is 2.69. The Balaban J connectivity index is 2.39. The molecule has 96 valence electrons. The minimum absolute atomic E-state index is 0.211. The minimum Gasteiger partial charge on any atom is -0.475 e. The van der Waals surface area contributed by atoms with Gasteiger partial charge < -0.3 is 9.63 Å². The molecule has 3 aromatic rings. The Labute approximate surface area is 116 Å². The summed E-state index contributed by atoms with van der Waals surface area (Å²) in [4.78, 5) is 15.2. The number of hydrogen-bond acceptors (Lipinski definition) is 4. The molecule has 6 nitrogen and oxygen atoms in total. The number of aromatic carboxylic acids is 1. The lowest BCUT2D eigenvalue weighted by Crippen LogP contribution is -2.08. The van der Waals surface area contributed by atoms with Crippen molar-refractivity contribution in [1.29, 1.82) is 0 Å². The van der Waals surface area contributed by atoms with Crippen molar-refractivity contribution in [3.8, 4) is 5.69 Å². The average Bonchev–Trinajstić information content (AvgIpc) is 2.92. The first-order chi connectivity index (χ1) is 9.08. The molecule has 0 spiro atoms. The molecule has 3 rings (SSSR count). The molecule has 8 heteroatoms. The largest absolute Gasteiger partial charge is 0.475 e. The summed E-state index contributed by atoms with van der Waals surface area (Å²) in [6.45, 7) is 0. The number of carboxylic acids is 1. The van der Waals surface area contributed by atoms with Crippen LogP contribution < -0.4 is 0 Å². The Hall–Kier alpha value is -2.05. The third kappa shape index (κ3) is 1.85. The van der Waals surface area contributed by atoms with Crippen molar-refractivity contribution < 1.29 is 14.4 Å². The van der Waals surface area contributed by atoms with E-state index >= 15 is 0 Å². The summed E-state index contributed by atoms with van der Waals surface area (Å²) in [5.74, 6) is -1.41. The van der Waals surface area contributed by atoms with E-state index in [4.69, 9.17) is 27.7 Å². The van der Waals surface area contributed by atoms with Gasteiger partial charge in [-0.2, -0.15) is 0 Å². The van der Waals surface area contributed by atoms with Crippen molar-refractivity contribution in [2.24, 2.45) is 0 Å². The smallest absolute Gasteiger partial charge is 0.372 e. The maximum Gasteiger partial charge on any atom is 0.372 e. The van der Waals surface area contributed by atoms with Crippen LogP contribution in [0.4, 0.5) is 0 Å². The maximum atomic E-state index is 11.2. The number of aromatic nitrogens is 3. The van der Waals surface area contributed by atoms with E-state index in [2.05, 4.69) is 10.1 Å². The van der Waals surface area contributed by atoms with Crippen LogP contribution >= 0.6 is 23.2 Å². The molecule has 0 saturated carbocycles. The second-order valence-corrected chi connectivity index (χ2v) is 4.54. The highest BCUT2D eigenvalue weighted by Crippen LogP contribution is 2.28. The summed E-state index contributed by atoms with van der Waals surface area (Å²) in [7, 11) is 0. The molecule has 2 heterocycles. The number of carboxylic acid groups (broad SMARTS) is 1. The van der Waals surface area contributed by atoms with Crippen molar-refractivity contribution >= 4 is 40.3 Å². The predicted molar refractivity (Wildman–Crippen MR) is 68.1 cm³/mol. The van der Waals surface area contributed by atoms with Crippen molar-refractivity contribution in [2.45, 2.75) is 0 Å². The fourth-order valence-corrected chi connectivity index (χ4v) is 2.12. The van der Waals surface area contributed by atoms with Crippen LogP contribution in [0.2, 0.25) is 10.0 Å². The highest BCUT2D eigenvalue weighted by atomic mass is 35.5. The van der Waals surface area contributed by atoms with Gasteiger partial charge in [-0.3, -0.25) is 4.57 Å². The minimum atomic E-state index is -1.20. The standard InChI is InChI=1S/C11H5Cl2N3O3/c12-5-1-2-6(13)8(3-5)16-9-7(4-19-15-9)14-10(16)11(17)18/h1-4H,(H,17,18). The first-order valence-electron chi connectivity index (χ1n) is 5.09. The summed E-state index contributed by atoms with van der Waals surface area (Å²) >= 11 is 12.0. The molecule has 0 bridgehead atoms. The number of halogens is 2. The first kappa shape index (κ1) is 12.0. The van der Waals surface area contributed by atoms with Gasteiger partial charge in [-0.1, -0.05) is 28.4 Å². The average molecular weight is 298 g/mol. The predicted octanol–water partition coefficient (Wildman–Crippen LogP) is 3.02. The summed E-state index contributed by atoms with van der Waals surface area (Å²) in [5.41, 5.74) is 0.970. The van der Waals surface area contributed by atoms with Crippen LogP contribution in [-0.2, 0) is 0 Å². The van der Waals surface area contributed by atoms with E-state index in [0.717, 1.165) is 0 Å². The zero-order chi connectivity index (χ0) is 13.6. The summed E-state index contributed by atoms with van der Waals surface area (Å²) in [6.07, 6.45) is 1.26. The molecular weight excluding hydrogens is 293 g/mol. The van der Waals surface area contributed by atoms with Gasteiger partial charge in [0.25, 0.3) is 0 Å². The number of rotatable bonds is 2. The van der Waals surface area contributed by atoms with Gasteiger partial charge in [0.15, 0.2) is 11.8 Å². The molecule has 0 atom stereocenters. The number of imidazole rings is 1. The molecule has 0 aliphatic heterocycles. The van der Waals surface area contributed by atoms with Crippen molar-refractivity contribution in [2.75, 3.05) is 0 Å². The monoisotopic (exact) mass is 297 g/mol. The highest BCUT2D eigenvalue weighted by molar-refractivity contribution is 6.34. The molecule has 1 N–H and O–H groups in total. The van der Waals surface area contributed by atoms with Crippen molar-refractivity contribution in [3.63, 3.8) is 0 Å². The zero-order valence-corrected chi connectivity index (χ0v) is 10.7. The van der Waals surface area contributed by atoms with Gasteiger partial charge in [0, 0.05) is 5.02 Å². The Morgan fingerprint density at radius 1 is 1.37 bits per heavy atom. The van der Waals surface area contributed by atoms with E-state index in [-0.39, 0.29) is 11.5 Å². The van der Waals surface area contributed by atoms with Crippen LogP contribution in [0.1, 0.15) is 10.6 Å². The molecule has 0 radical (unpaired) electrons. The second kappa shape index (κ2) is 4.25.